The van der Waals surface area contributed by atoms with Crippen LogP contribution in [0.5, 0.6) is 0 Å². The number of rotatable bonds is 2. The van der Waals surface area contributed by atoms with Crippen molar-refractivity contribution in [3.05, 3.63) is 35.1 Å². The Labute approximate surface area is 80.8 Å². The average molecular weight is 198 g/mol. The fourth-order valence-electron chi connectivity index (χ4n) is 1.43. The van der Waals surface area contributed by atoms with Gasteiger partial charge in [0.05, 0.1) is 19.8 Å². The van der Waals surface area contributed by atoms with Crippen molar-refractivity contribution in [3.63, 3.8) is 0 Å². The zero-order valence-corrected chi connectivity index (χ0v) is 7.53. The summed E-state index contributed by atoms with van der Waals surface area (Å²) in [6.07, 6.45) is 0. The molecule has 76 valence electrons. The Morgan fingerprint density at radius 3 is 2.57 bits per heavy atom. The highest BCUT2D eigenvalue weighted by atomic mass is 19.1. The number of aliphatic hydroxyl groups excluding tert-OH is 1. The van der Waals surface area contributed by atoms with Crippen LogP contribution in [0.3, 0.4) is 0 Å². The Balaban J connectivity index is 2.32. The third-order valence-electron chi connectivity index (χ3n) is 2.44. The molecule has 0 unspecified atom stereocenters. The largest absolute Gasteiger partial charge is 0.392 e. The van der Waals surface area contributed by atoms with Gasteiger partial charge in [-0.2, -0.15) is 0 Å². The lowest BCUT2D eigenvalue weighted by atomic mass is 9.91. The van der Waals surface area contributed by atoms with E-state index in [9.17, 15) is 9.50 Å². The van der Waals surface area contributed by atoms with Gasteiger partial charge in [0.15, 0.2) is 0 Å². The normalized spacial score (nSPS) is 19.1. The molecule has 0 atom stereocenters. The first-order valence-electron chi connectivity index (χ1n) is 4.35. The van der Waals surface area contributed by atoms with E-state index in [1.165, 1.54) is 12.1 Å². The summed E-state index contributed by atoms with van der Waals surface area (Å²) in [6.45, 7) is 0.0663. The van der Waals surface area contributed by atoms with E-state index in [-0.39, 0.29) is 25.4 Å². The predicted molar refractivity (Wildman–Crippen MR) is 47.0 cm³/mol. The Morgan fingerprint density at radius 1 is 1.43 bits per heavy atom. The molecule has 1 fully saturated rings. The Hall–Kier alpha value is -0.970. The van der Waals surface area contributed by atoms with Gasteiger partial charge in [0, 0.05) is 5.56 Å². The average Bonchev–Trinajstić information content (AvgIpc) is 2.14. The molecule has 1 heterocycles. The van der Waals surface area contributed by atoms with Crippen LogP contribution in [0.4, 0.5) is 4.39 Å². The predicted octanol–water partition coefficient (Wildman–Crippen LogP) is 0.536. The molecule has 0 radical (unpaired) electrons. The van der Waals surface area contributed by atoms with Crippen LogP contribution < -0.4 is 0 Å². The minimum atomic E-state index is -1.05. The molecule has 0 aliphatic carbocycles. The first-order valence-corrected chi connectivity index (χ1v) is 4.35. The lowest BCUT2D eigenvalue weighted by molar-refractivity contribution is -0.184. The van der Waals surface area contributed by atoms with Crippen LogP contribution in [-0.2, 0) is 16.9 Å². The van der Waals surface area contributed by atoms with E-state index in [1.807, 2.05) is 0 Å². The number of benzene rings is 1. The smallest absolute Gasteiger partial charge is 0.136 e. The van der Waals surface area contributed by atoms with Gasteiger partial charge in [-0.3, -0.25) is 0 Å². The number of aliphatic hydroxyl groups is 2. The maximum Gasteiger partial charge on any atom is 0.136 e. The molecule has 0 aromatic heterocycles. The maximum absolute atomic E-state index is 13.2. The molecule has 1 aromatic rings. The summed E-state index contributed by atoms with van der Waals surface area (Å²) in [5.41, 5.74) is -0.314. The summed E-state index contributed by atoms with van der Waals surface area (Å²) < 4.78 is 18.1. The van der Waals surface area contributed by atoms with Crippen molar-refractivity contribution in [1.82, 2.24) is 0 Å². The standard InChI is InChI=1S/C10H11FO3/c11-9-3-8(2-1-7(9)4-12)10(13)5-14-6-10/h1-3,12-13H,4-6H2. The second kappa shape index (κ2) is 3.31. The van der Waals surface area contributed by atoms with E-state index in [0.29, 0.717) is 5.56 Å². The van der Waals surface area contributed by atoms with Crippen LogP contribution in [0.25, 0.3) is 0 Å². The van der Waals surface area contributed by atoms with Crippen LogP contribution in [0.15, 0.2) is 18.2 Å². The molecule has 3 nitrogen and oxygen atoms in total. The lowest BCUT2D eigenvalue weighted by Gasteiger charge is -2.36. The summed E-state index contributed by atoms with van der Waals surface area (Å²) in [7, 11) is 0. The van der Waals surface area contributed by atoms with Crippen molar-refractivity contribution < 1.29 is 19.3 Å². The van der Waals surface area contributed by atoms with Gasteiger partial charge in [-0.25, -0.2) is 4.39 Å². The second-order valence-corrected chi connectivity index (χ2v) is 3.49. The number of halogens is 1. The zero-order chi connectivity index (χ0) is 10.2. The molecule has 0 amide bonds. The van der Waals surface area contributed by atoms with Crippen molar-refractivity contribution in [2.75, 3.05) is 13.2 Å². The molecule has 1 saturated heterocycles. The summed E-state index contributed by atoms with van der Waals surface area (Å²) in [5, 5.41) is 18.6. The molecular formula is C10H11FO3. The Morgan fingerprint density at radius 2 is 2.14 bits per heavy atom. The van der Waals surface area contributed by atoms with Crippen LogP contribution in [-0.4, -0.2) is 23.4 Å². The maximum atomic E-state index is 13.2. The first-order chi connectivity index (χ1) is 6.65. The quantitative estimate of drug-likeness (QED) is 0.729. The molecule has 14 heavy (non-hydrogen) atoms. The van der Waals surface area contributed by atoms with Crippen LogP contribution in [0, 0.1) is 5.82 Å². The summed E-state index contributed by atoms with van der Waals surface area (Å²) in [4.78, 5) is 0. The topological polar surface area (TPSA) is 49.7 Å². The minimum absolute atomic E-state index is 0.199. The summed E-state index contributed by atoms with van der Waals surface area (Å²) in [6, 6.07) is 4.33. The molecule has 0 bridgehead atoms. The molecule has 1 aliphatic heterocycles. The van der Waals surface area contributed by atoms with Crippen molar-refractivity contribution in [3.8, 4) is 0 Å². The van der Waals surface area contributed by atoms with Gasteiger partial charge in [-0.05, 0) is 11.6 Å². The van der Waals surface area contributed by atoms with E-state index >= 15 is 0 Å². The monoisotopic (exact) mass is 198 g/mol. The van der Waals surface area contributed by atoms with Crippen LogP contribution in [0.2, 0.25) is 0 Å². The molecule has 2 rings (SSSR count). The van der Waals surface area contributed by atoms with Gasteiger partial charge in [0.1, 0.15) is 11.4 Å². The van der Waals surface area contributed by atoms with Gasteiger partial charge < -0.3 is 14.9 Å². The third kappa shape index (κ3) is 1.41. The number of hydrogen-bond donors (Lipinski definition) is 2. The van der Waals surface area contributed by atoms with E-state index in [1.54, 1.807) is 6.07 Å². The highest BCUT2D eigenvalue weighted by Gasteiger charge is 2.38. The molecular weight excluding hydrogens is 187 g/mol. The summed E-state index contributed by atoms with van der Waals surface area (Å²) >= 11 is 0. The number of ether oxygens (including phenoxy) is 1. The Kier molecular flexibility index (Phi) is 2.26. The van der Waals surface area contributed by atoms with E-state index in [4.69, 9.17) is 9.84 Å². The zero-order valence-electron chi connectivity index (χ0n) is 7.53. The molecule has 0 saturated carbocycles. The lowest BCUT2D eigenvalue weighted by Crippen LogP contribution is -2.46. The fraction of sp³-hybridized carbons (Fsp3) is 0.400. The molecule has 2 N–H and O–H groups in total. The van der Waals surface area contributed by atoms with Crippen molar-refractivity contribution in [2.24, 2.45) is 0 Å². The highest BCUT2D eigenvalue weighted by molar-refractivity contribution is 5.29. The van der Waals surface area contributed by atoms with Gasteiger partial charge in [-0.15, -0.1) is 0 Å². The Bertz CT molecular complexity index is 347. The molecule has 0 spiro atoms. The fourth-order valence-corrected chi connectivity index (χ4v) is 1.43. The van der Waals surface area contributed by atoms with Crippen LogP contribution >= 0.6 is 0 Å². The van der Waals surface area contributed by atoms with Gasteiger partial charge in [0.25, 0.3) is 0 Å². The summed E-state index contributed by atoms with van der Waals surface area (Å²) in [5.74, 6) is -0.495. The van der Waals surface area contributed by atoms with Gasteiger partial charge in [-0.1, -0.05) is 12.1 Å². The minimum Gasteiger partial charge on any atom is -0.392 e. The van der Waals surface area contributed by atoms with Gasteiger partial charge >= 0.3 is 0 Å². The first kappa shape index (κ1) is 9.58. The second-order valence-electron chi connectivity index (χ2n) is 3.49. The molecule has 1 aliphatic rings. The molecule has 1 aromatic carbocycles. The highest BCUT2D eigenvalue weighted by Crippen LogP contribution is 2.30. The third-order valence-corrected chi connectivity index (χ3v) is 2.44. The van der Waals surface area contributed by atoms with E-state index in [0.717, 1.165) is 0 Å². The number of hydrogen-bond acceptors (Lipinski definition) is 3. The van der Waals surface area contributed by atoms with Gasteiger partial charge in [0.2, 0.25) is 0 Å². The van der Waals surface area contributed by atoms with Crippen molar-refractivity contribution in [1.29, 1.82) is 0 Å². The SMILES string of the molecule is OCc1ccc(C2(O)COC2)cc1F. The van der Waals surface area contributed by atoms with E-state index < -0.39 is 11.4 Å². The van der Waals surface area contributed by atoms with Crippen LogP contribution in [0.1, 0.15) is 11.1 Å². The van der Waals surface area contributed by atoms with E-state index in [2.05, 4.69) is 0 Å². The van der Waals surface area contributed by atoms with Crippen molar-refractivity contribution in [2.45, 2.75) is 12.2 Å². The van der Waals surface area contributed by atoms with Crippen molar-refractivity contribution >= 4 is 0 Å². The molecule has 4 heteroatoms.